The first-order valence-electron chi connectivity index (χ1n) is 10.2. The van der Waals surface area contributed by atoms with Gasteiger partial charge in [0.05, 0.1) is 22.8 Å². The maximum atomic E-state index is 12.5. The molecule has 1 aliphatic rings. The van der Waals surface area contributed by atoms with Gasteiger partial charge in [0, 0.05) is 11.8 Å². The molecular formula is C21H39NO5. The minimum Gasteiger partial charge on any atom is -0.459 e. The lowest BCUT2D eigenvalue weighted by Gasteiger charge is -2.37. The van der Waals surface area contributed by atoms with E-state index < -0.39 is 17.3 Å². The van der Waals surface area contributed by atoms with Crippen molar-refractivity contribution < 1.29 is 25.0 Å². The smallest absolute Gasteiger partial charge is 0.309 e. The number of nitrogens with zero attached hydrogens (tertiary/aromatic N) is 1. The Kier molecular flexibility index (Phi) is 8.30. The van der Waals surface area contributed by atoms with Crippen LogP contribution in [0.1, 0.15) is 80.6 Å². The van der Waals surface area contributed by atoms with Crippen molar-refractivity contribution in [3.05, 3.63) is 0 Å². The highest BCUT2D eigenvalue weighted by molar-refractivity contribution is 5.88. The van der Waals surface area contributed by atoms with E-state index in [1.807, 2.05) is 34.6 Å². The van der Waals surface area contributed by atoms with Crippen molar-refractivity contribution in [3.63, 3.8) is 0 Å². The van der Waals surface area contributed by atoms with Gasteiger partial charge in [-0.2, -0.15) is 0 Å². The van der Waals surface area contributed by atoms with Crippen LogP contribution in [0, 0.1) is 23.7 Å². The average Bonchev–Trinajstić information content (AvgIpc) is 2.49. The molecule has 0 amide bonds. The second-order valence-electron chi connectivity index (χ2n) is 9.37. The Balaban J connectivity index is 3.22. The van der Waals surface area contributed by atoms with Crippen LogP contribution in [0.4, 0.5) is 0 Å². The molecule has 3 unspecified atom stereocenters. The zero-order chi connectivity index (χ0) is 21.0. The van der Waals surface area contributed by atoms with E-state index in [-0.39, 0.29) is 29.6 Å². The van der Waals surface area contributed by atoms with Crippen LogP contribution < -0.4 is 0 Å². The van der Waals surface area contributed by atoms with Crippen molar-refractivity contribution in [3.8, 4) is 0 Å². The van der Waals surface area contributed by atoms with Gasteiger partial charge in [-0.1, -0.05) is 39.8 Å². The number of esters is 1. The van der Waals surface area contributed by atoms with Gasteiger partial charge in [0.25, 0.3) is 0 Å². The molecule has 0 aliphatic carbocycles. The zero-order valence-electron chi connectivity index (χ0n) is 18.0. The van der Waals surface area contributed by atoms with Gasteiger partial charge in [-0.15, -0.1) is 0 Å². The predicted octanol–water partition coefficient (Wildman–Crippen LogP) is 3.76. The molecule has 0 saturated carbocycles. The molecule has 0 aromatic heterocycles. The minimum atomic E-state index is -1.24. The van der Waals surface area contributed by atoms with Crippen molar-refractivity contribution in [1.82, 2.24) is 0 Å². The van der Waals surface area contributed by atoms with Crippen LogP contribution >= 0.6 is 0 Å². The monoisotopic (exact) mass is 385 g/mol. The van der Waals surface area contributed by atoms with Crippen molar-refractivity contribution in [2.75, 3.05) is 0 Å². The standard InChI is InChI=1S/C21H39NO5/c1-8-17-21(7,25)12-16(5)18(22-26)15(4)11-20(6,24)10-13(2)9-14(3)19(23)27-17/h13-17,24-26H,8-12H2,1-7H3/b22-18+/t13-,14?,15+,16+,17+,20?,21?/m0/s1. The Morgan fingerprint density at radius 2 is 1.59 bits per heavy atom. The minimum absolute atomic E-state index is 0.130. The lowest BCUT2D eigenvalue weighted by molar-refractivity contribution is -0.170. The third-order valence-electron chi connectivity index (χ3n) is 5.86. The molecule has 6 nitrogen and oxygen atoms in total. The Hall–Kier alpha value is -1.14. The molecule has 1 heterocycles. The van der Waals surface area contributed by atoms with Crippen molar-refractivity contribution in [2.24, 2.45) is 28.8 Å². The fourth-order valence-corrected chi connectivity index (χ4v) is 4.83. The Morgan fingerprint density at radius 3 is 2.11 bits per heavy atom. The van der Waals surface area contributed by atoms with Gasteiger partial charge in [0.2, 0.25) is 0 Å². The van der Waals surface area contributed by atoms with Gasteiger partial charge in [0.15, 0.2) is 0 Å². The Morgan fingerprint density at radius 1 is 1.04 bits per heavy atom. The quantitative estimate of drug-likeness (QED) is 0.363. The molecule has 3 N–H and O–H groups in total. The molecular weight excluding hydrogens is 346 g/mol. The van der Waals surface area contributed by atoms with Gasteiger partial charge in [-0.25, -0.2) is 0 Å². The number of ether oxygens (including phenoxy) is 1. The number of cyclic esters (lactones) is 1. The van der Waals surface area contributed by atoms with Crippen molar-refractivity contribution in [2.45, 2.75) is 97.9 Å². The topological polar surface area (TPSA) is 99.4 Å². The molecule has 1 rings (SSSR count). The Labute approximate surface area is 164 Å². The highest BCUT2D eigenvalue weighted by atomic mass is 16.6. The van der Waals surface area contributed by atoms with E-state index in [9.17, 15) is 20.2 Å². The zero-order valence-corrected chi connectivity index (χ0v) is 18.0. The van der Waals surface area contributed by atoms with Gasteiger partial charge in [-0.3, -0.25) is 4.79 Å². The van der Waals surface area contributed by atoms with E-state index in [4.69, 9.17) is 4.74 Å². The van der Waals surface area contributed by atoms with Gasteiger partial charge in [-0.05, 0) is 51.9 Å². The van der Waals surface area contributed by atoms with E-state index in [0.717, 1.165) is 0 Å². The molecule has 1 fully saturated rings. The molecule has 1 saturated heterocycles. The fraction of sp³-hybridized carbons (Fsp3) is 0.905. The highest BCUT2D eigenvalue weighted by Crippen LogP contribution is 2.33. The summed E-state index contributed by atoms with van der Waals surface area (Å²) >= 11 is 0. The van der Waals surface area contributed by atoms with E-state index in [1.54, 1.807) is 13.8 Å². The number of carbonyl (C=O) groups is 1. The molecule has 0 aromatic carbocycles. The third-order valence-corrected chi connectivity index (χ3v) is 5.86. The van der Waals surface area contributed by atoms with E-state index in [1.165, 1.54) is 0 Å². The van der Waals surface area contributed by atoms with Crippen LogP contribution in [0.5, 0.6) is 0 Å². The summed E-state index contributed by atoms with van der Waals surface area (Å²) in [6, 6.07) is 0. The van der Waals surface area contributed by atoms with E-state index in [2.05, 4.69) is 5.16 Å². The molecule has 27 heavy (non-hydrogen) atoms. The van der Waals surface area contributed by atoms with Crippen LogP contribution in [-0.4, -0.2) is 44.4 Å². The molecule has 0 spiro atoms. The molecule has 158 valence electrons. The van der Waals surface area contributed by atoms with Crippen molar-refractivity contribution >= 4 is 11.7 Å². The maximum absolute atomic E-state index is 12.5. The first-order chi connectivity index (χ1) is 12.3. The molecule has 0 aromatic rings. The van der Waals surface area contributed by atoms with Crippen LogP contribution in [0.15, 0.2) is 5.16 Å². The SMILES string of the molecule is CC[C@H]1OC(=O)C(C)C[C@H](C)CC(C)(O)C[C@@H](C)/C(=N\O)[C@H](C)CC1(C)O. The largest absolute Gasteiger partial charge is 0.459 e. The predicted molar refractivity (Wildman–Crippen MR) is 106 cm³/mol. The highest BCUT2D eigenvalue weighted by Gasteiger charge is 2.39. The van der Waals surface area contributed by atoms with Crippen LogP contribution in [-0.2, 0) is 9.53 Å². The van der Waals surface area contributed by atoms with Crippen LogP contribution in [0.2, 0.25) is 0 Å². The summed E-state index contributed by atoms with van der Waals surface area (Å²) < 4.78 is 5.66. The molecule has 7 atom stereocenters. The summed E-state index contributed by atoms with van der Waals surface area (Å²) in [7, 11) is 0. The van der Waals surface area contributed by atoms with E-state index >= 15 is 0 Å². The lowest BCUT2D eigenvalue weighted by Crippen LogP contribution is -2.46. The summed E-state index contributed by atoms with van der Waals surface area (Å²) in [5, 5.41) is 34.9. The summed E-state index contributed by atoms with van der Waals surface area (Å²) in [5.41, 5.74) is -1.62. The number of carbonyl (C=O) groups excluding carboxylic acids is 1. The average molecular weight is 386 g/mol. The third kappa shape index (κ3) is 6.75. The van der Waals surface area contributed by atoms with Gasteiger partial charge < -0.3 is 20.2 Å². The van der Waals surface area contributed by atoms with Crippen LogP contribution in [0.3, 0.4) is 0 Å². The second-order valence-corrected chi connectivity index (χ2v) is 9.37. The fourth-order valence-electron chi connectivity index (χ4n) is 4.83. The molecule has 0 bridgehead atoms. The van der Waals surface area contributed by atoms with Gasteiger partial charge in [0.1, 0.15) is 6.10 Å². The number of aliphatic hydroxyl groups is 2. The molecule has 1 aliphatic heterocycles. The Bertz CT molecular complexity index is 529. The molecule has 0 radical (unpaired) electrons. The van der Waals surface area contributed by atoms with Gasteiger partial charge >= 0.3 is 5.97 Å². The maximum Gasteiger partial charge on any atom is 0.309 e. The van der Waals surface area contributed by atoms with Crippen molar-refractivity contribution in [1.29, 1.82) is 0 Å². The second kappa shape index (κ2) is 9.37. The summed E-state index contributed by atoms with van der Waals surface area (Å²) in [6.45, 7) is 13.0. The summed E-state index contributed by atoms with van der Waals surface area (Å²) in [6.07, 6.45) is 1.81. The normalized spacial score (nSPS) is 44.6. The van der Waals surface area contributed by atoms with E-state index in [0.29, 0.717) is 37.8 Å². The number of hydrogen-bond acceptors (Lipinski definition) is 6. The summed E-state index contributed by atoms with van der Waals surface area (Å²) in [4.78, 5) is 12.5. The number of oxime groups is 1. The summed E-state index contributed by atoms with van der Waals surface area (Å²) in [5.74, 6) is -0.840. The lowest BCUT2D eigenvalue weighted by atomic mass is 9.77. The number of hydrogen-bond donors (Lipinski definition) is 3. The molecule has 6 heteroatoms. The van der Waals surface area contributed by atoms with Crippen LogP contribution in [0.25, 0.3) is 0 Å². The first-order valence-corrected chi connectivity index (χ1v) is 10.2. The first kappa shape index (κ1) is 23.9. The number of rotatable bonds is 1.